The van der Waals surface area contributed by atoms with Crippen molar-refractivity contribution in [1.82, 2.24) is 10.6 Å². The number of carbonyl (C=O) groups excluding carboxylic acids is 1. The highest BCUT2D eigenvalue weighted by Crippen LogP contribution is 2.19. The summed E-state index contributed by atoms with van der Waals surface area (Å²) in [7, 11) is 0. The second kappa shape index (κ2) is 4.30. The molecule has 82 valence electrons. The van der Waals surface area contributed by atoms with Gasteiger partial charge >= 0.3 is 0 Å². The Morgan fingerprint density at radius 2 is 2.14 bits per heavy atom. The molecule has 0 aromatic carbocycles. The maximum Gasteiger partial charge on any atom is 0.224 e. The third kappa shape index (κ3) is 2.98. The predicted octanol–water partition coefficient (Wildman–Crippen LogP) is 1.15. The van der Waals surface area contributed by atoms with Crippen LogP contribution in [0.5, 0.6) is 0 Å². The van der Waals surface area contributed by atoms with Crippen molar-refractivity contribution < 1.29 is 4.79 Å². The molecule has 3 heteroatoms. The molecule has 1 saturated heterocycles. The quantitative estimate of drug-likeness (QED) is 0.699. The molecule has 1 aliphatic rings. The van der Waals surface area contributed by atoms with Crippen molar-refractivity contribution in [2.75, 3.05) is 13.1 Å². The first-order chi connectivity index (χ1) is 6.41. The van der Waals surface area contributed by atoms with Gasteiger partial charge in [-0.05, 0) is 25.3 Å². The van der Waals surface area contributed by atoms with Gasteiger partial charge in [0.1, 0.15) is 0 Å². The fourth-order valence-electron chi connectivity index (χ4n) is 1.43. The second-order valence-electron chi connectivity index (χ2n) is 5.29. The van der Waals surface area contributed by atoms with Crippen LogP contribution in [0.15, 0.2) is 0 Å². The zero-order valence-electron chi connectivity index (χ0n) is 9.68. The number of amides is 1. The average Bonchev–Trinajstić information content (AvgIpc) is 2.53. The number of rotatable bonds is 2. The lowest BCUT2D eigenvalue weighted by molar-refractivity contribution is -0.125. The topological polar surface area (TPSA) is 41.1 Å². The van der Waals surface area contributed by atoms with Crippen LogP contribution >= 0.6 is 0 Å². The molecule has 0 aromatic rings. The third-order valence-electron chi connectivity index (χ3n) is 3.09. The Morgan fingerprint density at radius 1 is 1.50 bits per heavy atom. The molecule has 3 nitrogen and oxygen atoms in total. The van der Waals surface area contributed by atoms with Crippen LogP contribution in [0.3, 0.4) is 0 Å². The van der Waals surface area contributed by atoms with Crippen LogP contribution in [0, 0.1) is 11.3 Å². The van der Waals surface area contributed by atoms with Crippen LogP contribution in [-0.4, -0.2) is 25.0 Å². The molecule has 0 saturated carbocycles. The van der Waals surface area contributed by atoms with Crippen LogP contribution < -0.4 is 10.6 Å². The molecule has 2 atom stereocenters. The Hall–Kier alpha value is -0.570. The van der Waals surface area contributed by atoms with E-state index in [0.717, 1.165) is 19.5 Å². The van der Waals surface area contributed by atoms with E-state index in [1.165, 1.54) is 0 Å². The molecule has 1 amide bonds. The van der Waals surface area contributed by atoms with E-state index in [1.807, 2.05) is 0 Å². The molecule has 1 rings (SSSR count). The van der Waals surface area contributed by atoms with Crippen molar-refractivity contribution in [1.29, 1.82) is 0 Å². The van der Waals surface area contributed by atoms with Crippen molar-refractivity contribution >= 4 is 5.91 Å². The first-order valence-electron chi connectivity index (χ1n) is 5.42. The summed E-state index contributed by atoms with van der Waals surface area (Å²) in [5.74, 6) is 0.386. The van der Waals surface area contributed by atoms with Gasteiger partial charge in [-0.1, -0.05) is 20.8 Å². The smallest absolute Gasteiger partial charge is 0.224 e. The average molecular weight is 198 g/mol. The fourth-order valence-corrected chi connectivity index (χ4v) is 1.43. The largest absolute Gasteiger partial charge is 0.353 e. The van der Waals surface area contributed by atoms with Crippen LogP contribution in [0.25, 0.3) is 0 Å². The standard InChI is InChI=1S/C11H22N2O/c1-8(11(2,3)4)13-10(14)9-5-6-12-7-9/h8-9,12H,5-7H2,1-4H3,(H,13,14). The molecule has 0 radical (unpaired) electrons. The molecule has 1 aliphatic heterocycles. The van der Waals surface area contributed by atoms with Crippen LogP contribution in [0.1, 0.15) is 34.1 Å². The Balaban J connectivity index is 2.40. The molecule has 2 unspecified atom stereocenters. The lowest BCUT2D eigenvalue weighted by atomic mass is 9.87. The van der Waals surface area contributed by atoms with Gasteiger partial charge < -0.3 is 10.6 Å². The summed E-state index contributed by atoms with van der Waals surface area (Å²) < 4.78 is 0. The number of hydrogen-bond acceptors (Lipinski definition) is 2. The minimum Gasteiger partial charge on any atom is -0.353 e. The number of carbonyl (C=O) groups is 1. The van der Waals surface area contributed by atoms with E-state index in [1.54, 1.807) is 0 Å². The van der Waals surface area contributed by atoms with Gasteiger partial charge in [0.15, 0.2) is 0 Å². The Labute approximate surface area is 86.6 Å². The fraction of sp³-hybridized carbons (Fsp3) is 0.909. The van der Waals surface area contributed by atoms with Gasteiger partial charge in [0, 0.05) is 12.6 Å². The number of hydrogen-bond donors (Lipinski definition) is 2. The maximum atomic E-state index is 11.8. The molecule has 1 fully saturated rings. The van der Waals surface area contributed by atoms with E-state index in [9.17, 15) is 4.79 Å². The molecule has 2 N–H and O–H groups in total. The molecule has 0 aromatic heterocycles. The summed E-state index contributed by atoms with van der Waals surface area (Å²) in [6.45, 7) is 10.3. The van der Waals surface area contributed by atoms with Gasteiger partial charge in [-0.15, -0.1) is 0 Å². The van der Waals surface area contributed by atoms with Crippen LogP contribution in [-0.2, 0) is 4.79 Å². The Morgan fingerprint density at radius 3 is 2.57 bits per heavy atom. The van der Waals surface area contributed by atoms with Crippen molar-refractivity contribution in [3.05, 3.63) is 0 Å². The predicted molar refractivity (Wildman–Crippen MR) is 58.0 cm³/mol. The Bertz CT molecular complexity index is 202. The molecular formula is C11H22N2O. The van der Waals surface area contributed by atoms with E-state index < -0.39 is 0 Å². The summed E-state index contributed by atoms with van der Waals surface area (Å²) in [4.78, 5) is 11.8. The maximum absolute atomic E-state index is 11.8. The van der Waals surface area contributed by atoms with Crippen molar-refractivity contribution in [2.24, 2.45) is 11.3 Å². The number of nitrogens with one attached hydrogen (secondary N) is 2. The first-order valence-corrected chi connectivity index (χ1v) is 5.42. The van der Waals surface area contributed by atoms with Crippen molar-refractivity contribution in [3.8, 4) is 0 Å². The minimum atomic E-state index is 0.141. The van der Waals surface area contributed by atoms with Crippen molar-refractivity contribution in [2.45, 2.75) is 40.2 Å². The van der Waals surface area contributed by atoms with Gasteiger partial charge in [-0.25, -0.2) is 0 Å². The molecular weight excluding hydrogens is 176 g/mol. The third-order valence-corrected chi connectivity index (χ3v) is 3.09. The normalized spacial score (nSPS) is 24.7. The summed E-state index contributed by atoms with van der Waals surface area (Å²) in [5.41, 5.74) is 0.141. The minimum absolute atomic E-state index is 0.141. The van der Waals surface area contributed by atoms with E-state index in [4.69, 9.17) is 0 Å². The zero-order chi connectivity index (χ0) is 10.8. The Kier molecular flexibility index (Phi) is 3.53. The summed E-state index contributed by atoms with van der Waals surface area (Å²) >= 11 is 0. The van der Waals surface area contributed by atoms with Crippen molar-refractivity contribution in [3.63, 3.8) is 0 Å². The van der Waals surface area contributed by atoms with Gasteiger partial charge in [0.25, 0.3) is 0 Å². The highest BCUT2D eigenvalue weighted by atomic mass is 16.2. The van der Waals surface area contributed by atoms with E-state index in [0.29, 0.717) is 0 Å². The molecule has 14 heavy (non-hydrogen) atoms. The van der Waals surface area contributed by atoms with Gasteiger partial charge in [-0.3, -0.25) is 4.79 Å². The van der Waals surface area contributed by atoms with Gasteiger partial charge in [0.2, 0.25) is 5.91 Å². The molecule has 0 aliphatic carbocycles. The van der Waals surface area contributed by atoms with Gasteiger partial charge in [0.05, 0.1) is 5.92 Å². The highest BCUT2D eigenvalue weighted by molar-refractivity contribution is 5.79. The monoisotopic (exact) mass is 198 g/mol. The first kappa shape index (κ1) is 11.5. The zero-order valence-corrected chi connectivity index (χ0v) is 9.68. The summed E-state index contributed by atoms with van der Waals surface area (Å²) in [6, 6.07) is 0.232. The molecule has 0 bridgehead atoms. The SMILES string of the molecule is CC(NC(=O)C1CCNC1)C(C)(C)C. The highest BCUT2D eigenvalue weighted by Gasteiger charge is 2.27. The lowest BCUT2D eigenvalue weighted by Crippen LogP contribution is -2.44. The second-order valence-corrected chi connectivity index (χ2v) is 5.29. The van der Waals surface area contributed by atoms with Crippen LogP contribution in [0.2, 0.25) is 0 Å². The van der Waals surface area contributed by atoms with Gasteiger partial charge in [-0.2, -0.15) is 0 Å². The van der Waals surface area contributed by atoms with E-state index >= 15 is 0 Å². The van der Waals surface area contributed by atoms with Crippen LogP contribution in [0.4, 0.5) is 0 Å². The van der Waals surface area contributed by atoms with E-state index in [-0.39, 0.29) is 23.3 Å². The molecule has 1 heterocycles. The lowest BCUT2D eigenvalue weighted by Gasteiger charge is -2.29. The van der Waals surface area contributed by atoms with E-state index in [2.05, 4.69) is 38.3 Å². The summed E-state index contributed by atoms with van der Waals surface area (Å²) in [5, 5.41) is 6.29. The summed E-state index contributed by atoms with van der Waals surface area (Å²) in [6.07, 6.45) is 0.975. The molecule has 0 spiro atoms.